The average Bonchev–Trinajstić information content (AvgIpc) is 3.06. The highest BCUT2D eigenvalue weighted by atomic mass is 79.9. The molecule has 9 heteroatoms. The molecule has 0 bridgehead atoms. The van der Waals surface area contributed by atoms with Gasteiger partial charge in [-0.1, -0.05) is 48.5 Å². The van der Waals surface area contributed by atoms with Crippen molar-refractivity contribution in [2.75, 3.05) is 0 Å². The lowest BCUT2D eigenvalue weighted by atomic mass is 10.1. The van der Waals surface area contributed by atoms with E-state index in [1.165, 1.54) is 18.2 Å². The molecule has 0 radical (unpaired) electrons. The van der Waals surface area contributed by atoms with Crippen LogP contribution < -0.4 is 4.74 Å². The van der Waals surface area contributed by atoms with Crippen molar-refractivity contribution in [2.24, 2.45) is 0 Å². The summed E-state index contributed by atoms with van der Waals surface area (Å²) in [6.07, 6.45) is 1.64. The summed E-state index contributed by atoms with van der Waals surface area (Å²) in [5.74, 6) is 0.229. The number of rotatable bonds is 7. The molecular formula is C24H17BrN2O5S. The molecule has 0 spiro atoms. The van der Waals surface area contributed by atoms with Gasteiger partial charge in [-0.05, 0) is 62.6 Å². The van der Waals surface area contributed by atoms with E-state index >= 15 is 0 Å². The van der Waals surface area contributed by atoms with Gasteiger partial charge in [-0.3, -0.25) is 24.6 Å². The molecule has 3 aromatic carbocycles. The molecule has 0 aliphatic carbocycles. The number of halogens is 1. The first-order valence-electron chi connectivity index (χ1n) is 9.86. The third-order valence-corrected chi connectivity index (χ3v) is 6.35. The summed E-state index contributed by atoms with van der Waals surface area (Å²) in [4.78, 5) is 37.0. The Bertz CT molecular complexity index is 1260. The van der Waals surface area contributed by atoms with Crippen LogP contribution in [-0.2, 0) is 17.9 Å². The lowest BCUT2D eigenvalue weighted by Crippen LogP contribution is -2.27. The summed E-state index contributed by atoms with van der Waals surface area (Å²) in [6, 6.07) is 21.1. The molecule has 0 atom stereocenters. The Balaban J connectivity index is 1.46. The molecule has 1 fully saturated rings. The Morgan fingerprint density at radius 1 is 1.00 bits per heavy atom. The Morgan fingerprint density at radius 2 is 1.76 bits per heavy atom. The SMILES string of the molecule is O=C1S/C(=C/c2ccc(OCc3ccccc3)c(Br)c2)C(=O)N1Cc1cccc([N+](=O)[O-])c1. The number of carbonyl (C=O) groups excluding carboxylic acids is 2. The van der Waals surface area contributed by atoms with Crippen LogP contribution in [0.25, 0.3) is 6.08 Å². The van der Waals surface area contributed by atoms with Gasteiger partial charge in [-0.25, -0.2) is 0 Å². The Hall–Kier alpha value is -3.43. The molecule has 0 N–H and O–H groups in total. The topological polar surface area (TPSA) is 89.8 Å². The van der Waals surface area contributed by atoms with Crippen molar-refractivity contribution >= 4 is 50.6 Å². The van der Waals surface area contributed by atoms with E-state index in [-0.39, 0.29) is 17.1 Å². The minimum Gasteiger partial charge on any atom is -0.488 e. The van der Waals surface area contributed by atoms with Gasteiger partial charge < -0.3 is 4.74 Å². The van der Waals surface area contributed by atoms with E-state index in [1.54, 1.807) is 24.3 Å². The fourth-order valence-corrected chi connectivity index (χ4v) is 4.55. The van der Waals surface area contributed by atoms with Crippen LogP contribution in [-0.4, -0.2) is 21.0 Å². The molecule has 0 unspecified atom stereocenters. The number of hydrogen-bond acceptors (Lipinski definition) is 6. The number of benzene rings is 3. The second-order valence-corrected chi connectivity index (χ2v) is 9.01. The number of imide groups is 1. The largest absolute Gasteiger partial charge is 0.488 e. The number of amides is 2. The molecule has 2 amide bonds. The number of nitrogens with zero attached hydrogens (tertiary/aromatic N) is 2. The number of thioether (sulfide) groups is 1. The molecule has 0 saturated carbocycles. The van der Waals surface area contributed by atoms with E-state index in [0.717, 1.165) is 32.3 Å². The average molecular weight is 525 g/mol. The normalized spacial score (nSPS) is 14.7. The molecule has 1 saturated heterocycles. The Morgan fingerprint density at radius 3 is 2.48 bits per heavy atom. The zero-order chi connectivity index (χ0) is 23.4. The van der Waals surface area contributed by atoms with Gasteiger partial charge in [0.2, 0.25) is 0 Å². The van der Waals surface area contributed by atoms with Crippen LogP contribution in [0.15, 0.2) is 82.2 Å². The maximum Gasteiger partial charge on any atom is 0.293 e. The summed E-state index contributed by atoms with van der Waals surface area (Å²) < 4.78 is 6.57. The van der Waals surface area contributed by atoms with Gasteiger partial charge in [0, 0.05) is 12.1 Å². The highest BCUT2D eigenvalue weighted by Crippen LogP contribution is 2.35. The number of non-ortho nitro benzene ring substituents is 1. The number of nitro groups is 1. The van der Waals surface area contributed by atoms with Crippen LogP contribution >= 0.6 is 27.7 Å². The minimum atomic E-state index is -0.512. The molecule has 1 aliphatic heterocycles. The molecule has 7 nitrogen and oxygen atoms in total. The van der Waals surface area contributed by atoms with Crippen molar-refractivity contribution in [3.63, 3.8) is 0 Å². The second-order valence-electron chi connectivity index (χ2n) is 7.16. The lowest BCUT2D eigenvalue weighted by Gasteiger charge is -2.12. The number of hydrogen-bond donors (Lipinski definition) is 0. The predicted molar refractivity (Wildman–Crippen MR) is 130 cm³/mol. The Labute approximate surface area is 202 Å². The highest BCUT2D eigenvalue weighted by molar-refractivity contribution is 9.10. The quantitative estimate of drug-likeness (QED) is 0.208. The zero-order valence-electron chi connectivity index (χ0n) is 17.1. The van der Waals surface area contributed by atoms with Crippen LogP contribution in [0.5, 0.6) is 5.75 Å². The van der Waals surface area contributed by atoms with Crippen molar-refractivity contribution in [1.82, 2.24) is 4.90 Å². The van der Waals surface area contributed by atoms with Gasteiger partial charge in [0.1, 0.15) is 12.4 Å². The number of carbonyl (C=O) groups is 2. The monoisotopic (exact) mass is 524 g/mol. The Kier molecular flexibility index (Phi) is 6.90. The van der Waals surface area contributed by atoms with Gasteiger partial charge in [0.25, 0.3) is 16.8 Å². The maximum absolute atomic E-state index is 12.8. The molecule has 4 rings (SSSR count). The summed E-state index contributed by atoms with van der Waals surface area (Å²) in [5, 5.41) is 10.6. The molecular weight excluding hydrogens is 508 g/mol. The fraction of sp³-hybridized carbons (Fsp3) is 0.0833. The van der Waals surface area contributed by atoms with Crippen molar-refractivity contribution in [3.05, 3.63) is 109 Å². The molecule has 33 heavy (non-hydrogen) atoms. The lowest BCUT2D eigenvalue weighted by molar-refractivity contribution is -0.384. The number of ether oxygens (including phenoxy) is 1. The van der Waals surface area contributed by atoms with Crippen molar-refractivity contribution in [1.29, 1.82) is 0 Å². The van der Waals surface area contributed by atoms with Crippen LogP contribution in [0.4, 0.5) is 10.5 Å². The third-order valence-electron chi connectivity index (χ3n) is 4.83. The zero-order valence-corrected chi connectivity index (χ0v) is 19.5. The van der Waals surface area contributed by atoms with E-state index in [2.05, 4.69) is 15.9 Å². The first-order valence-corrected chi connectivity index (χ1v) is 11.5. The van der Waals surface area contributed by atoms with Gasteiger partial charge in [0.05, 0.1) is 20.8 Å². The fourth-order valence-electron chi connectivity index (χ4n) is 3.20. The summed E-state index contributed by atoms with van der Waals surface area (Å²) in [6.45, 7) is 0.398. The molecule has 166 valence electrons. The molecule has 1 aliphatic rings. The highest BCUT2D eigenvalue weighted by Gasteiger charge is 2.35. The van der Waals surface area contributed by atoms with E-state index < -0.39 is 16.1 Å². The molecule has 0 aromatic heterocycles. The van der Waals surface area contributed by atoms with Crippen LogP contribution in [0, 0.1) is 10.1 Å². The molecule has 3 aromatic rings. The van der Waals surface area contributed by atoms with E-state index in [0.29, 0.717) is 17.9 Å². The first kappa shape index (κ1) is 22.8. The smallest absolute Gasteiger partial charge is 0.293 e. The summed E-state index contributed by atoms with van der Waals surface area (Å²) >= 11 is 4.34. The van der Waals surface area contributed by atoms with Gasteiger partial charge in [-0.15, -0.1) is 0 Å². The molecule has 1 heterocycles. The van der Waals surface area contributed by atoms with Crippen molar-refractivity contribution < 1.29 is 19.2 Å². The first-order chi connectivity index (χ1) is 15.9. The maximum atomic E-state index is 12.8. The minimum absolute atomic E-state index is 0.0281. The van der Waals surface area contributed by atoms with Gasteiger partial charge >= 0.3 is 0 Å². The van der Waals surface area contributed by atoms with Crippen LogP contribution in [0.1, 0.15) is 16.7 Å². The second kappa shape index (κ2) is 10.0. The van der Waals surface area contributed by atoms with E-state index in [9.17, 15) is 19.7 Å². The van der Waals surface area contributed by atoms with E-state index in [4.69, 9.17) is 4.74 Å². The summed E-state index contributed by atoms with van der Waals surface area (Å²) in [7, 11) is 0. The van der Waals surface area contributed by atoms with Crippen LogP contribution in [0.2, 0.25) is 0 Å². The third kappa shape index (κ3) is 5.50. The predicted octanol–water partition coefficient (Wildman–Crippen LogP) is 6.17. The van der Waals surface area contributed by atoms with E-state index in [1.807, 2.05) is 36.4 Å². The standard InChI is InChI=1S/C24H17BrN2O5S/c25-20-12-17(9-10-21(20)32-15-16-5-2-1-3-6-16)13-22-23(28)26(24(29)33-22)14-18-7-4-8-19(11-18)27(30)31/h1-13H,14-15H2/b22-13+. The van der Waals surface area contributed by atoms with Gasteiger partial charge in [0.15, 0.2) is 0 Å². The summed E-state index contributed by atoms with van der Waals surface area (Å²) in [5.41, 5.74) is 2.20. The van der Waals surface area contributed by atoms with Gasteiger partial charge in [-0.2, -0.15) is 0 Å². The number of nitro benzene ring substituents is 1. The van der Waals surface area contributed by atoms with Crippen LogP contribution in [0.3, 0.4) is 0 Å². The van der Waals surface area contributed by atoms with Crippen molar-refractivity contribution in [3.8, 4) is 5.75 Å². The van der Waals surface area contributed by atoms with Crippen molar-refractivity contribution in [2.45, 2.75) is 13.2 Å².